The molecule has 1 N–H and O–H groups in total. The van der Waals surface area contributed by atoms with E-state index in [1.165, 1.54) is 6.42 Å². The van der Waals surface area contributed by atoms with E-state index >= 15 is 0 Å². The molecule has 3 heteroatoms. The van der Waals surface area contributed by atoms with E-state index < -0.39 is 0 Å². The molecule has 1 unspecified atom stereocenters. The van der Waals surface area contributed by atoms with Crippen LogP contribution in [0.3, 0.4) is 0 Å². The molecule has 76 valence electrons. The first-order valence-electron chi connectivity index (χ1n) is 5.03. The molecule has 0 aromatic carbocycles. The quantitative estimate of drug-likeness (QED) is 0.784. The number of hydrogen-bond donors (Lipinski definition) is 1. The number of ether oxygens (including phenoxy) is 1. The van der Waals surface area contributed by atoms with Gasteiger partial charge in [-0.1, -0.05) is 6.07 Å². The highest BCUT2D eigenvalue weighted by molar-refractivity contribution is 5.17. The SMILES string of the molecule is COCC1(c2ccccn2)CCCN1. The lowest BCUT2D eigenvalue weighted by atomic mass is 9.94. The number of nitrogens with zero attached hydrogens (tertiary/aromatic N) is 1. The van der Waals surface area contributed by atoms with Gasteiger partial charge in [-0.25, -0.2) is 0 Å². The summed E-state index contributed by atoms with van der Waals surface area (Å²) < 4.78 is 5.28. The van der Waals surface area contributed by atoms with Crippen molar-refractivity contribution < 1.29 is 4.74 Å². The Labute approximate surface area is 84.5 Å². The van der Waals surface area contributed by atoms with Crippen LogP contribution in [-0.4, -0.2) is 25.2 Å². The van der Waals surface area contributed by atoms with Gasteiger partial charge in [0, 0.05) is 13.3 Å². The van der Waals surface area contributed by atoms with E-state index in [0.717, 1.165) is 18.7 Å². The summed E-state index contributed by atoms with van der Waals surface area (Å²) in [4.78, 5) is 4.41. The fourth-order valence-corrected chi connectivity index (χ4v) is 2.11. The molecule has 0 amide bonds. The fraction of sp³-hybridized carbons (Fsp3) is 0.545. The van der Waals surface area contributed by atoms with Gasteiger partial charge in [-0.15, -0.1) is 0 Å². The molecular weight excluding hydrogens is 176 g/mol. The van der Waals surface area contributed by atoms with Gasteiger partial charge < -0.3 is 10.1 Å². The van der Waals surface area contributed by atoms with Gasteiger partial charge in [0.2, 0.25) is 0 Å². The van der Waals surface area contributed by atoms with Crippen LogP contribution in [0.2, 0.25) is 0 Å². The molecule has 1 aromatic rings. The van der Waals surface area contributed by atoms with Crippen molar-refractivity contribution in [3.8, 4) is 0 Å². The van der Waals surface area contributed by atoms with Gasteiger partial charge in [0.1, 0.15) is 0 Å². The second kappa shape index (κ2) is 4.07. The Hall–Kier alpha value is -0.930. The third-order valence-corrected chi connectivity index (χ3v) is 2.79. The molecule has 3 nitrogen and oxygen atoms in total. The van der Waals surface area contributed by atoms with Crippen LogP contribution in [0, 0.1) is 0 Å². The normalized spacial score (nSPS) is 26.6. The van der Waals surface area contributed by atoms with Crippen LogP contribution in [0.25, 0.3) is 0 Å². The summed E-state index contributed by atoms with van der Waals surface area (Å²) in [6.07, 6.45) is 4.14. The summed E-state index contributed by atoms with van der Waals surface area (Å²) >= 11 is 0. The third-order valence-electron chi connectivity index (χ3n) is 2.79. The average molecular weight is 192 g/mol. The highest BCUT2D eigenvalue weighted by Gasteiger charge is 2.36. The van der Waals surface area contributed by atoms with Crippen molar-refractivity contribution in [1.29, 1.82) is 0 Å². The van der Waals surface area contributed by atoms with Gasteiger partial charge in [-0.3, -0.25) is 4.98 Å². The first kappa shape index (κ1) is 9.62. The van der Waals surface area contributed by atoms with Gasteiger partial charge in [-0.05, 0) is 31.5 Å². The van der Waals surface area contributed by atoms with Crippen LogP contribution in [-0.2, 0) is 10.3 Å². The molecule has 0 bridgehead atoms. The number of rotatable bonds is 3. The van der Waals surface area contributed by atoms with Crippen LogP contribution < -0.4 is 5.32 Å². The van der Waals surface area contributed by atoms with Crippen molar-refractivity contribution in [2.75, 3.05) is 20.3 Å². The number of nitrogens with one attached hydrogen (secondary N) is 1. The monoisotopic (exact) mass is 192 g/mol. The van der Waals surface area contributed by atoms with Gasteiger partial charge in [0.05, 0.1) is 17.8 Å². The Bertz CT molecular complexity index is 281. The highest BCUT2D eigenvalue weighted by Crippen LogP contribution is 2.29. The highest BCUT2D eigenvalue weighted by atomic mass is 16.5. The fourth-order valence-electron chi connectivity index (χ4n) is 2.11. The molecule has 2 rings (SSSR count). The zero-order chi connectivity index (χ0) is 9.86. The van der Waals surface area contributed by atoms with E-state index in [0.29, 0.717) is 6.61 Å². The second-order valence-corrected chi connectivity index (χ2v) is 3.76. The zero-order valence-corrected chi connectivity index (χ0v) is 8.49. The van der Waals surface area contributed by atoms with E-state index in [1.807, 2.05) is 18.3 Å². The van der Waals surface area contributed by atoms with Crippen molar-refractivity contribution in [3.05, 3.63) is 30.1 Å². The van der Waals surface area contributed by atoms with Gasteiger partial charge >= 0.3 is 0 Å². The topological polar surface area (TPSA) is 34.1 Å². The van der Waals surface area contributed by atoms with E-state index in [-0.39, 0.29) is 5.54 Å². The summed E-state index contributed by atoms with van der Waals surface area (Å²) in [6.45, 7) is 1.75. The van der Waals surface area contributed by atoms with E-state index in [9.17, 15) is 0 Å². The molecule has 1 aliphatic heterocycles. The summed E-state index contributed by atoms with van der Waals surface area (Å²) in [7, 11) is 1.74. The van der Waals surface area contributed by atoms with E-state index in [4.69, 9.17) is 4.74 Å². The Morgan fingerprint density at radius 3 is 3.07 bits per heavy atom. The van der Waals surface area contributed by atoms with Crippen molar-refractivity contribution in [2.24, 2.45) is 0 Å². The Morgan fingerprint density at radius 1 is 1.57 bits per heavy atom. The van der Waals surface area contributed by atoms with Crippen LogP contribution in [0.15, 0.2) is 24.4 Å². The number of methoxy groups -OCH3 is 1. The molecule has 0 aliphatic carbocycles. The lowest BCUT2D eigenvalue weighted by Crippen LogP contribution is -2.41. The molecule has 14 heavy (non-hydrogen) atoms. The van der Waals surface area contributed by atoms with Crippen LogP contribution >= 0.6 is 0 Å². The minimum absolute atomic E-state index is 0.0456. The largest absolute Gasteiger partial charge is 0.382 e. The van der Waals surface area contributed by atoms with Gasteiger partial charge in [0.15, 0.2) is 0 Å². The second-order valence-electron chi connectivity index (χ2n) is 3.76. The number of aromatic nitrogens is 1. The number of hydrogen-bond acceptors (Lipinski definition) is 3. The maximum Gasteiger partial charge on any atom is 0.0845 e. The van der Waals surface area contributed by atoms with Gasteiger partial charge in [-0.2, -0.15) is 0 Å². The molecule has 0 radical (unpaired) electrons. The van der Waals surface area contributed by atoms with E-state index in [2.05, 4.69) is 16.4 Å². The van der Waals surface area contributed by atoms with Gasteiger partial charge in [0.25, 0.3) is 0 Å². The minimum Gasteiger partial charge on any atom is -0.382 e. The standard InChI is InChI=1S/C11H16N2O/c1-14-9-11(6-4-8-13-11)10-5-2-3-7-12-10/h2-3,5,7,13H,4,6,8-9H2,1H3. The molecule has 1 atom stereocenters. The zero-order valence-electron chi connectivity index (χ0n) is 8.49. The summed E-state index contributed by atoms with van der Waals surface area (Å²) in [5.74, 6) is 0. The molecule has 1 saturated heterocycles. The maximum atomic E-state index is 5.28. The van der Waals surface area contributed by atoms with Crippen molar-refractivity contribution >= 4 is 0 Å². The Balaban J connectivity index is 2.27. The molecule has 1 fully saturated rings. The number of pyridine rings is 1. The van der Waals surface area contributed by atoms with Crippen LogP contribution in [0.1, 0.15) is 18.5 Å². The van der Waals surface area contributed by atoms with Crippen molar-refractivity contribution in [2.45, 2.75) is 18.4 Å². The predicted octanol–water partition coefficient (Wildman–Crippen LogP) is 1.31. The Morgan fingerprint density at radius 2 is 2.50 bits per heavy atom. The minimum atomic E-state index is -0.0456. The lowest BCUT2D eigenvalue weighted by molar-refractivity contribution is 0.117. The summed E-state index contributed by atoms with van der Waals surface area (Å²) in [5, 5.41) is 3.50. The summed E-state index contributed by atoms with van der Waals surface area (Å²) in [5.41, 5.74) is 1.05. The average Bonchev–Trinajstić information content (AvgIpc) is 2.70. The molecule has 1 aliphatic rings. The van der Waals surface area contributed by atoms with E-state index in [1.54, 1.807) is 7.11 Å². The Kier molecular flexibility index (Phi) is 2.79. The first-order chi connectivity index (χ1) is 6.87. The molecule has 1 aromatic heterocycles. The lowest BCUT2D eigenvalue weighted by Gasteiger charge is -2.27. The van der Waals surface area contributed by atoms with Crippen LogP contribution in [0.4, 0.5) is 0 Å². The third kappa shape index (κ3) is 1.65. The molecule has 2 heterocycles. The van der Waals surface area contributed by atoms with Crippen molar-refractivity contribution in [3.63, 3.8) is 0 Å². The first-order valence-corrected chi connectivity index (χ1v) is 5.03. The van der Waals surface area contributed by atoms with Crippen molar-refractivity contribution in [1.82, 2.24) is 10.3 Å². The molecule has 0 spiro atoms. The molecule has 0 saturated carbocycles. The van der Waals surface area contributed by atoms with Crippen LogP contribution in [0.5, 0.6) is 0 Å². The maximum absolute atomic E-state index is 5.28. The summed E-state index contributed by atoms with van der Waals surface area (Å²) in [6, 6.07) is 6.04. The predicted molar refractivity (Wildman–Crippen MR) is 55.0 cm³/mol. The molecular formula is C11H16N2O. The smallest absolute Gasteiger partial charge is 0.0845 e.